The molecule has 3 atom stereocenters. The van der Waals surface area contributed by atoms with Crippen LogP contribution in [0.15, 0.2) is 18.2 Å². The second-order valence-electron chi connectivity index (χ2n) is 6.68. The summed E-state index contributed by atoms with van der Waals surface area (Å²) in [6, 6.07) is 5.55. The molecule has 0 bridgehead atoms. The quantitative estimate of drug-likeness (QED) is 0.889. The van der Waals surface area contributed by atoms with E-state index in [-0.39, 0.29) is 35.6 Å². The van der Waals surface area contributed by atoms with Crippen molar-refractivity contribution in [3.8, 4) is 0 Å². The van der Waals surface area contributed by atoms with Crippen LogP contribution in [0.25, 0.3) is 0 Å². The van der Waals surface area contributed by atoms with E-state index in [9.17, 15) is 4.79 Å². The van der Waals surface area contributed by atoms with Crippen LogP contribution in [0.3, 0.4) is 0 Å². The van der Waals surface area contributed by atoms with Gasteiger partial charge in [0.05, 0.1) is 0 Å². The molecule has 2 fully saturated rings. The maximum atomic E-state index is 12.6. The topological polar surface area (TPSA) is 46.3 Å². The second kappa shape index (κ2) is 6.56. The summed E-state index contributed by atoms with van der Waals surface area (Å²) < 4.78 is 0. The minimum atomic E-state index is 0. The third-order valence-electron chi connectivity index (χ3n) is 4.78. The van der Waals surface area contributed by atoms with Crippen LogP contribution in [0.2, 0.25) is 10.0 Å². The Kier molecular flexibility index (Phi) is 5.33. The van der Waals surface area contributed by atoms with Crippen molar-refractivity contribution in [1.82, 2.24) is 4.90 Å². The van der Waals surface area contributed by atoms with E-state index in [1.807, 2.05) is 17.0 Å². The zero-order valence-corrected chi connectivity index (χ0v) is 14.8. The van der Waals surface area contributed by atoms with Crippen LogP contribution in [-0.2, 0) is 4.79 Å². The number of amides is 1. The molecule has 3 rings (SSSR count). The second-order valence-corrected chi connectivity index (χ2v) is 7.55. The number of likely N-dealkylation sites (tertiary alicyclic amines) is 1. The van der Waals surface area contributed by atoms with E-state index in [0.717, 1.165) is 31.5 Å². The molecule has 1 aromatic carbocycles. The fourth-order valence-corrected chi connectivity index (χ4v) is 3.78. The number of rotatable bonds is 3. The molecule has 1 aliphatic carbocycles. The molecule has 3 unspecified atom stereocenters. The van der Waals surface area contributed by atoms with E-state index < -0.39 is 0 Å². The van der Waals surface area contributed by atoms with E-state index in [2.05, 4.69) is 6.92 Å². The average molecular weight is 364 g/mol. The fraction of sp³-hybridized carbons (Fsp3) is 0.562. The predicted octanol–water partition coefficient (Wildman–Crippen LogP) is 3.72. The average Bonchev–Trinajstić information content (AvgIpc) is 3.14. The third kappa shape index (κ3) is 3.53. The molecule has 0 aromatic heterocycles. The van der Waals surface area contributed by atoms with Crippen LogP contribution in [0.1, 0.15) is 31.2 Å². The van der Waals surface area contributed by atoms with Crippen molar-refractivity contribution in [2.45, 2.75) is 25.7 Å². The number of hydrogen-bond donors (Lipinski definition) is 1. The first-order valence-electron chi connectivity index (χ1n) is 7.37. The zero-order chi connectivity index (χ0) is 15.2. The largest absolute Gasteiger partial charge is 0.342 e. The van der Waals surface area contributed by atoms with Crippen molar-refractivity contribution >= 4 is 41.5 Å². The van der Waals surface area contributed by atoms with Crippen LogP contribution >= 0.6 is 35.6 Å². The summed E-state index contributed by atoms with van der Waals surface area (Å²) in [6.07, 6.45) is 1.89. The number of nitrogens with two attached hydrogens (primary N) is 1. The van der Waals surface area contributed by atoms with Gasteiger partial charge in [0, 0.05) is 29.1 Å². The Morgan fingerprint density at radius 1 is 1.36 bits per heavy atom. The highest BCUT2D eigenvalue weighted by Crippen LogP contribution is 2.50. The van der Waals surface area contributed by atoms with Crippen molar-refractivity contribution in [2.75, 3.05) is 19.6 Å². The molecule has 2 N–H and O–H groups in total. The van der Waals surface area contributed by atoms with Gasteiger partial charge in [-0.05, 0) is 54.5 Å². The number of nitrogens with zero attached hydrogens (tertiary/aromatic N) is 1. The summed E-state index contributed by atoms with van der Waals surface area (Å²) >= 11 is 12.1. The molecule has 122 valence electrons. The third-order valence-corrected chi connectivity index (χ3v) is 5.22. The maximum Gasteiger partial charge on any atom is 0.226 e. The standard InChI is InChI=1S/C16H20Cl2N2O.ClH/c1-16(8-19)2-3-20(9-16)15(21)14-7-13(14)10-4-11(17)6-12(18)5-10;/h4-6,13-14H,2-3,7-9,19H2,1H3;1H. The van der Waals surface area contributed by atoms with Crippen molar-refractivity contribution in [3.63, 3.8) is 0 Å². The van der Waals surface area contributed by atoms with Crippen molar-refractivity contribution in [3.05, 3.63) is 33.8 Å². The highest BCUT2D eigenvalue weighted by molar-refractivity contribution is 6.34. The number of carbonyl (C=O) groups excluding carboxylic acids is 1. The Hall–Kier alpha value is -0.480. The first-order chi connectivity index (χ1) is 9.92. The maximum absolute atomic E-state index is 12.6. The van der Waals surface area contributed by atoms with Gasteiger partial charge in [0.15, 0.2) is 0 Å². The van der Waals surface area contributed by atoms with E-state index in [1.54, 1.807) is 6.07 Å². The fourth-order valence-electron chi connectivity index (χ4n) is 3.24. The lowest BCUT2D eigenvalue weighted by atomic mass is 9.90. The number of benzene rings is 1. The smallest absolute Gasteiger partial charge is 0.226 e. The molecular formula is C16H21Cl3N2O. The van der Waals surface area contributed by atoms with Crippen LogP contribution in [0.4, 0.5) is 0 Å². The van der Waals surface area contributed by atoms with Gasteiger partial charge in [-0.25, -0.2) is 0 Å². The Morgan fingerprint density at radius 3 is 2.55 bits per heavy atom. The molecule has 1 amide bonds. The van der Waals surface area contributed by atoms with Gasteiger partial charge in [-0.3, -0.25) is 4.79 Å². The number of hydrogen-bond acceptors (Lipinski definition) is 2. The Bertz CT molecular complexity index is 560. The molecule has 1 aliphatic heterocycles. The van der Waals surface area contributed by atoms with Crippen LogP contribution in [0, 0.1) is 11.3 Å². The summed E-state index contributed by atoms with van der Waals surface area (Å²) in [5.74, 6) is 0.603. The summed E-state index contributed by atoms with van der Waals surface area (Å²) in [5.41, 5.74) is 6.96. The Balaban J connectivity index is 0.00000176. The highest BCUT2D eigenvalue weighted by atomic mass is 35.5. The number of carbonyl (C=O) groups is 1. The van der Waals surface area contributed by atoms with E-state index >= 15 is 0 Å². The lowest BCUT2D eigenvalue weighted by molar-refractivity contribution is -0.132. The molecule has 2 aliphatic rings. The minimum absolute atomic E-state index is 0. The molecule has 22 heavy (non-hydrogen) atoms. The van der Waals surface area contributed by atoms with E-state index in [0.29, 0.717) is 16.6 Å². The summed E-state index contributed by atoms with van der Waals surface area (Å²) in [7, 11) is 0. The highest BCUT2D eigenvalue weighted by Gasteiger charge is 2.48. The van der Waals surface area contributed by atoms with Gasteiger partial charge in [-0.2, -0.15) is 0 Å². The van der Waals surface area contributed by atoms with Gasteiger partial charge in [0.1, 0.15) is 0 Å². The van der Waals surface area contributed by atoms with Gasteiger partial charge in [-0.1, -0.05) is 30.1 Å². The molecular weight excluding hydrogens is 343 g/mol. The number of halogens is 3. The molecule has 1 saturated heterocycles. The molecule has 1 aromatic rings. The van der Waals surface area contributed by atoms with Gasteiger partial charge in [0.25, 0.3) is 0 Å². The monoisotopic (exact) mass is 362 g/mol. The van der Waals surface area contributed by atoms with Gasteiger partial charge in [-0.15, -0.1) is 12.4 Å². The van der Waals surface area contributed by atoms with Crippen LogP contribution in [0.5, 0.6) is 0 Å². The van der Waals surface area contributed by atoms with Crippen molar-refractivity contribution in [2.24, 2.45) is 17.1 Å². The summed E-state index contributed by atoms with van der Waals surface area (Å²) in [5, 5.41) is 1.26. The lowest BCUT2D eigenvalue weighted by Gasteiger charge is -2.22. The molecule has 6 heteroatoms. The normalized spacial score (nSPS) is 30.1. The Morgan fingerprint density at radius 2 is 2.00 bits per heavy atom. The first-order valence-corrected chi connectivity index (χ1v) is 8.12. The lowest BCUT2D eigenvalue weighted by Crippen LogP contribution is -2.35. The molecule has 3 nitrogen and oxygen atoms in total. The van der Waals surface area contributed by atoms with E-state index in [4.69, 9.17) is 28.9 Å². The van der Waals surface area contributed by atoms with Crippen LogP contribution < -0.4 is 5.73 Å². The Labute approximate surface area is 147 Å². The molecule has 1 saturated carbocycles. The minimum Gasteiger partial charge on any atom is -0.342 e. The molecule has 0 radical (unpaired) electrons. The SMILES string of the molecule is CC1(CN)CCN(C(=O)C2CC2c2cc(Cl)cc(Cl)c2)C1.Cl. The zero-order valence-electron chi connectivity index (χ0n) is 12.5. The van der Waals surface area contributed by atoms with Gasteiger partial charge in [0.2, 0.25) is 5.91 Å². The first kappa shape index (κ1) is 17.9. The van der Waals surface area contributed by atoms with Crippen molar-refractivity contribution < 1.29 is 4.79 Å². The van der Waals surface area contributed by atoms with E-state index in [1.165, 1.54) is 0 Å². The predicted molar refractivity (Wildman–Crippen MR) is 92.9 cm³/mol. The van der Waals surface area contributed by atoms with Gasteiger partial charge < -0.3 is 10.6 Å². The summed E-state index contributed by atoms with van der Waals surface area (Å²) in [4.78, 5) is 14.6. The summed E-state index contributed by atoms with van der Waals surface area (Å²) in [6.45, 7) is 4.39. The molecule has 1 heterocycles. The van der Waals surface area contributed by atoms with Crippen molar-refractivity contribution in [1.29, 1.82) is 0 Å². The molecule has 0 spiro atoms. The van der Waals surface area contributed by atoms with Crippen LogP contribution in [-0.4, -0.2) is 30.4 Å². The van der Waals surface area contributed by atoms with Gasteiger partial charge >= 0.3 is 0 Å².